The highest BCUT2D eigenvalue weighted by atomic mass is 35.5. The van der Waals surface area contributed by atoms with Crippen molar-refractivity contribution in [3.63, 3.8) is 0 Å². The van der Waals surface area contributed by atoms with E-state index in [9.17, 15) is 9.59 Å². The predicted octanol–water partition coefficient (Wildman–Crippen LogP) is 2.57. The number of hydrogen-bond acceptors (Lipinski definition) is 5. The lowest BCUT2D eigenvalue weighted by molar-refractivity contribution is -0.128. The number of carbonyl (C=O) groups excluding carboxylic acids is 1. The minimum atomic E-state index is -0.312. The lowest BCUT2D eigenvalue weighted by Gasteiger charge is -2.13. The van der Waals surface area contributed by atoms with E-state index in [1.54, 1.807) is 50.0 Å². The van der Waals surface area contributed by atoms with Crippen molar-refractivity contribution in [3.05, 3.63) is 57.6 Å². The minimum Gasteiger partial charge on any atom is -0.481 e. The third-order valence-electron chi connectivity index (χ3n) is 5.06. The van der Waals surface area contributed by atoms with Gasteiger partial charge in [-0.3, -0.25) is 9.59 Å². The Morgan fingerprint density at radius 2 is 2.00 bits per heavy atom. The molecule has 0 atom stereocenters. The molecular formula is C21H20ClN5O3. The molecular weight excluding hydrogens is 406 g/mol. The second kappa shape index (κ2) is 7.46. The fourth-order valence-electron chi connectivity index (χ4n) is 3.49. The van der Waals surface area contributed by atoms with E-state index in [4.69, 9.17) is 16.3 Å². The maximum atomic E-state index is 13.4. The Morgan fingerprint density at radius 1 is 1.23 bits per heavy atom. The summed E-state index contributed by atoms with van der Waals surface area (Å²) in [4.78, 5) is 31.6. The van der Waals surface area contributed by atoms with Gasteiger partial charge < -0.3 is 14.2 Å². The molecule has 0 aliphatic carbocycles. The lowest BCUT2D eigenvalue weighted by atomic mass is 10.1. The van der Waals surface area contributed by atoms with Crippen LogP contribution in [0, 0.1) is 0 Å². The number of rotatable bonds is 4. The van der Waals surface area contributed by atoms with Crippen LogP contribution < -0.4 is 10.3 Å². The summed E-state index contributed by atoms with van der Waals surface area (Å²) in [5.74, 6) is 0.308. The molecule has 4 aromatic rings. The smallest absolute Gasteiger partial charge is 0.296 e. The number of hydrogen-bond donors (Lipinski definition) is 0. The van der Waals surface area contributed by atoms with Crippen LogP contribution in [-0.2, 0) is 18.3 Å². The maximum absolute atomic E-state index is 13.4. The van der Waals surface area contributed by atoms with Gasteiger partial charge in [0.05, 0.1) is 36.6 Å². The number of aryl methyl sites for hydroxylation is 1. The van der Waals surface area contributed by atoms with Crippen LogP contribution in [0.25, 0.3) is 27.5 Å². The molecule has 1 aromatic carbocycles. The van der Waals surface area contributed by atoms with Crippen molar-refractivity contribution in [2.24, 2.45) is 7.05 Å². The van der Waals surface area contributed by atoms with E-state index in [0.29, 0.717) is 33.2 Å². The SMILES string of the molecule is COc1ccc(-n2nc(CC(=O)N(C)C)c3c4ccc(Cl)cc4n(C)c3c2=O)cn1. The second-order valence-corrected chi connectivity index (χ2v) is 7.57. The average molecular weight is 426 g/mol. The number of likely N-dealkylation sites (N-methyl/N-ethyl adjacent to an activating group) is 1. The highest BCUT2D eigenvalue weighted by Gasteiger charge is 2.22. The molecule has 0 saturated carbocycles. The largest absolute Gasteiger partial charge is 0.481 e. The molecule has 8 nitrogen and oxygen atoms in total. The zero-order valence-electron chi connectivity index (χ0n) is 17.0. The van der Waals surface area contributed by atoms with Crippen molar-refractivity contribution in [1.82, 2.24) is 24.2 Å². The zero-order chi connectivity index (χ0) is 21.6. The van der Waals surface area contributed by atoms with Crippen LogP contribution in [0.3, 0.4) is 0 Å². The monoisotopic (exact) mass is 425 g/mol. The number of nitrogens with zero attached hydrogens (tertiary/aromatic N) is 5. The third-order valence-corrected chi connectivity index (χ3v) is 5.29. The summed E-state index contributed by atoms with van der Waals surface area (Å²) in [7, 11) is 6.69. The van der Waals surface area contributed by atoms with Crippen LogP contribution in [0.4, 0.5) is 0 Å². The first kappa shape index (κ1) is 19.9. The van der Waals surface area contributed by atoms with Crippen LogP contribution in [0.2, 0.25) is 5.02 Å². The Hall–Kier alpha value is -3.39. The van der Waals surface area contributed by atoms with Gasteiger partial charge in [0.2, 0.25) is 11.8 Å². The topological polar surface area (TPSA) is 82.3 Å². The Kier molecular flexibility index (Phi) is 4.95. The van der Waals surface area contributed by atoms with Gasteiger partial charge in [0.15, 0.2) is 0 Å². The number of halogens is 1. The summed E-state index contributed by atoms with van der Waals surface area (Å²) in [6.07, 6.45) is 1.56. The molecule has 0 bridgehead atoms. The van der Waals surface area contributed by atoms with Crippen molar-refractivity contribution >= 4 is 39.3 Å². The van der Waals surface area contributed by atoms with Gasteiger partial charge in [-0.05, 0) is 18.2 Å². The molecule has 0 fully saturated rings. The van der Waals surface area contributed by atoms with Crippen LogP contribution in [0.5, 0.6) is 5.88 Å². The molecule has 0 saturated heterocycles. The lowest BCUT2D eigenvalue weighted by Crippen LogP contribution is -2.28. The molecule has 154 valence electrons. The molecule has 0 N–H and O–H groups in total. The summed E-state index contributed by atoms with van der Waals surface area (Å²) in [6.45, 7) is 0. The van der Waals surface area contributed by atoms with Crippen molar-refractivity contribution in [2.75, 3.05) is 21.2 Å². The van der Waals surface area contributed by atoms with Gasteiger partial charge in [0.25, 0.3) is 5.56 Å². The summed E-state index contributed by atoms with van der Waals surface area (Å²) < 4.78 is 8.15. The number of carbonyl (C=O) groups is 1. The van der Waals surface area contributed by atoms with Gasteiger partial charge in [-0.2, -0.15) is 9.78 Å². The first-order chi connectivity index (χ1) is 14.3. The van der Waals surface area contributed by atoms with E-state index in [0.717, 1.165) is 10.9 Å². The molecule has 0 spiro atoms. The van der Waals surface area contributed by atoms with Gasteiger partial charge in [-0.25, -0.2) is 4.98 Å². The zero-order valence-corrected chi connectivity index (χ0v) is 17.8. The Bertz CT molecular complexity index is 1340. The molecule has 4 rings (SSSR count). The van der Waals surface area contributed by atoms with Crippen LogP contribution in [0.15, 0.2) is 41.3 Å². The van der Waals surface area contributed by atoms with E-state index >= 15 is 0 Å². The molecule has 0 unspecified atom stereocenters. The summed E-state index contributed by atoms with van der Waals surface area (Å²) in [6, 6.07) is 8.76. The molecule has 1 amide bonds. The predicted molar refractivity (Wildman–Crippen MR) is 116 cm³/mol. The van der Waals surface area contributed by atoms with E-state index in [1.807, 2.05) is 6.07 Å². The Labute approximate surface area is 177 Å². The maximum Gasteiger partial charge on any atom is 0.296 e. The van der Waals surface area contributed by atoms with Gasteiger partial charge >= 0.3 is 0 Å². The molecule has 0 aliphatic rings. The summed E-state index contributed by atoms with van der Waals surface area (Å²) >= 11 is 6.19. The van der Waals surface area contributed by atoms with Gasteiger partial charge in [-0.15, -0.1) is 0 Å². The normalized spacial score (nSPS) is 11.2. The third kappa shape index (κ3) is 3.19. The number of amides is 1. The first-order valence-electron chi connectivity index (χ1n) is 9.22. The van der Waals surface area contributed by atoms with Crippen molar-refractivity contribution in [1.29, 1.82) is 0 Å². The molecule has 30 heavy (non-hydrogen) atoms. The van der Waals surface area contributed by atoms with Crippen LogP contribution in [-0.4, -0.2) is 51.3 Å². The second-order valence-electron chi connectivity index (χ2n) is 7.13. The Morgan fingerprint density at radius 3 is 2.63 bits per heavy atom. The number of ether oxygens (including phenoxy) is 1. The van der Waals surface area contributed by atoms with Crippen LogP contribution in [0.1, 0.15) is 5.69 Å². The number of fused-ring (bicyclic) bond motifs is 3. The van der Waals surface area contributed by atoms with Gasteiger partial charge in [-0.1, -0.05) is 17.7 Å². The van der Waals surface area contributed by atoms with E-state index in [-0.39, 0.29) is 17.9 Å². The van der Waals surface area contributed by atoms with Gasteiger partial charge in [0, 0.05) is 43.0 Å². The fourth-order valence-corrected chi connectivity index (χ4v) is 3.65. The minimum absolute atomic E-state index is 0.0507. The highest BCUT2D eigenvalue weighted by molar-refractivity contribution is 6.31. The standard InChI is InChI=1S/C21H20ClN5O3/c1-25(2)18(28)10-15-19-14-7-5-12(22)9-16(14)26(3)20(19)21(29)27(24-15)13-6-8-17(30-4)23-11-13/h5-9,11H,10H2,1-4H3. The fraction of sp³-hybridized carbons (Fsp3) is 0.238. The van der Waals surface area contributed by atoms with Crippen molar-refractivity contribution in [3.8, 4) is 11.6 Å². The number of methoxy groups -OCH3 is 1. The van der Waals surface area contributed by atoms with E-state index in [2.05, 4.69) is 10.1 Å². The Balaban J connectivity index is 2.08. The average Bonchev–Trinajstić information content (AvgIpc) is 3.02. The molecule has 0 aliphatic heterocycles. The summed E-state index contributed by atoms with van der Waals surface area (Å²) in [5.41, 5.74) is 1.91. The summed E-state index contributed by atoms with van der Waals surface area (Å²) in [5, 5.41) is 6.60. The van der Waals surface area contributed by atoms with E-state index in [1.165, 1.54) is 22.9 Å². The van der Waals surface area contributed by atoms with Crippen molar-refractivity contribution in [2.45, 2.75) is 6.42 Å². The van der Waals surface area contributed by atoms with Crippen LogP contribution >= 0.6 is 11.6 Å². The molecule has 0 radical (unpaired) electrons. The highest BCUT2D eigenvalue weighted by Crippen LogP contribution is 2.30. The number of pyridine rings is 1. The molecule has 3 heterocycles. The number of benzene rings is 1. The quantitative estimate of drug-likeness (QED) is 0.502. The molecule has 3 aromatic heterocycles. The first-order valence-corrected chi connectivity index (χ1v) is 9.60. The van der Waals surface area contributed by atoms with Crippen molar-refractivity contribution < 1.29 is 9.53 Å². The van der Waals surface area contributed by atoms with Gasteiger partial charge in [0.1, 0.15) is 5.52 Å². The van der Waals surface area contributed by atoms with E-state index < -0.39 is 0 Å². The molecule has 9 heteroatoms. The number of aromatic nitrogens is 4.